The van der Waals surface area contributed by atoms with E-state index >= 15 is 0 Å². The van der Waals surface area contributed by atoms with Crippen molar-refractivity contribution in [1.82, 2.24) is 5.32 Å². The Morgan fingerprint density at radius 2 is 1.91 bits per heavy atom. The van der Waals surface area contributed by atoms with E-state index in [1.807, 2.05) is 18.2 Å². The molecule has 0 aromatic heterocycles. The monoisotopic (exact) mass is 338 g/mol. The normalized spacial score (nSPS) is 14.5. The Morgan fingerprint density at radius 3 is 2.61 bits per heavy atom. The summed E-state index contributed by atoms with van der Waals surface area (Å²) in [5, 5.41) is 6.93. The molecule has 2 N–H and O–H groups in total. The van der Waals surface area contributed by atoms with E-state index in [1.165, 1.54) is 25.7 Å². The second kappa shape index (κ2) is 9.57. The molecule has 0 unspecified atom stereocenters. The van der Waals surface area contributed by atoms with Crippen molar-refractivity contribution in [1.29, 1.82) is 0 Å². The maximum absolute atomic E-state index is 5.82. The van der Waals surface area contributed by atoms with Crippen LogP contribution in [0.15, 0.2) is 18.2 Å². The minimum Gasteiger partial charge on any atom is -0.493 e. The molecule has 1 saturated carbocycles. The fourth-order valence-corrected chi connectivity index (χ4v) is 2.89. The summed E-state index contributed by atoms with van der Waals surface area (Å²) in [5.41, 5.74) is 0.863. The van der Waals surface area contributed by atoms with Crippen LogP contribution in [0.1, 0.15) is 32.1 Å². The van der Waals surface area contributed by atoms with Gasteiger partial charge in [0.15, 0.2) is 16.6 Å². The van der Waals surface area contributed by atoms with Crippen molar-refractivity contribution in [2.45, 2.75) is 38.2 Å². The van der Waals surface area contributed by atoms with E-state index in [0.29, 0.717) is 22.7 Å². The number of anilines is 1. The summed E-state index contributed by atoms with van der Waals surface area (Å²) in [5.74, 6) is 1.37. The van der Waals surface area contributed by atoms with Crippen molar-refractivity contribution >= 4 is 23.0 Å². The number of hydrogen-bond acceptors (Lipinski definition) is 4. The Kier molecular flexibility index (Phi) is 7.42. The van der Waals surface area contributed by atoms with E-state index in [0.717, 1.165) is 25.3 Å². The third kappa shape index (κ3) is 5.88. The highest BCUT2D eigenvalue weighted by Gasteiger charge is 2.14. The van der Waals surface area contributed by atoms with Crippen LogP contribution in [0.2, 0.25) is 0 Å². The van der Waals surface area contributed by atoms with Gasteiger partial charge in [-0.15, -0.1) is 0 Å². The van der Waals surface area contributed by atoms with E-state index < -0.39 is 0 Å². The predicted octanol–water partition coefficient (Wildman–Crippen LogP) is 3.34. The first-order chi connectivity index (χ1) is 11.2. The Hall–Kier alpha value is -1.53. The number of rotatable bonds is 8. The van der Waals surface area contributed by atoms with E-state index in [-0.39, 0.29) is 0 Å². The van der Waals surface area contributed by atoms with Gasteiger partial charge in [-0.05, 0) is 43.6 Å². The topological polar surface area (TPSA) is 51.8 Å². The smallest absolute Gasteiger partial charge is 0.170 e. The quantitative estimate of drug-likeness (QED) is 0.560. The molecule has 1 aliphatic rings. The number of benzene rings is 1. The molecule has 1 aromatic rings. The molecule has 1 aromatic carbocycles. The molecule has 0 aliphatic heterocycles. The molecule has 6 heteroatoms. The molecular weight excluding hydrogens is 312 g/mol. The predicted molar refractivity (Wildman–Crippen MR) is 96.6 cm³/mol. The van der Waals surface area contributed by atoms with Gasteiger partial charge in [0.2, 0.25) is 0 Å². The Labute approximate surface area is 143 Å². The minimum absolute atomic E-state index is 0.479. The van der Waals surface area contributed by atoms with Crippen molar-refractivity contribution in [3.8, 4) is 11.5 Å². The SMILES string of the molecule is COc1ccc(NC(=S)NCCCOC2CCCC2)cc1OC. The molecular formula is C17H26N2O3S. The first-order valence-corrected chi connectivity index (χ1v) is 8.52. The summed E-state index contributed by atoms with van der Waals surface area (Å²) in [6, 6.07) is 5.60. The first kappa shape index (κ1) is 17.8. The van der Waals surface area contributed by atoms with Crippen molar-refractivity contribution in [3.63, 3.8) is 0 Å². The zero-order chi connectivity index (χ0) is 16.5. The standard InChI is InChI=1S/C17H26N2O3S/c1-20-15-9-8-13(12-16(15)21-2)19-17(23)18-10-5-11-22-14-6-3-4-7-14/h8-9,12,14H,3-7,10-11H2,1-2H3,(H2,18,19,23). The lowest BCUT2D eigenvalue weighted by Crippen LogP contribution is -2.30. The van der Waals surface area contributed by atoms with E-state index in [1.54, 1.807) is 14.2 Å². The fourth-order valence-electron chi connectivity index (χ4n) is 2.67. The number of hydrogen-bond donors (Lipinski definition) is 2. The molecule has 5 nitrogen and oxygen atoms in total. The largest absolute Gasteiger partial charge is 0.493 e. The Bertz CT molecular complexity index is 505. The van der Waals surface area contributed by atoms with Crippen LogP contribution in [-0.2, 0) is 4.74 Å². The zero-order valence-electron chi connectivity index (χ0n) is 13.9. The maximum atomic E-state index is 5.82. The third-order valence-corrected chi connectivity index (χ3v) is 4.15. The van der Waals surface area contributed by atoms with Gasteiger partial charge in [0.1, 0.15) is 0 Å². The Balaban J connectivity index is 1.66. The summed E-state index contributed by atoms with van der Waals surface area (Å²) in [7, 11) is 3.23. The highest BCUT2D eigenvalue weighted by atomic mass is 32.1. The first-order valence-electron chi connectivity index (χ1n) is 8.11. The number of nitrogens with one attached hydrogen (secondary N) is 2. The van der Waals surface area contributed by atoms with Crippen LogP contribution in [0.25, 0.3) is 0 Å². The molecule has 0 radical (unpaired) electrons. The lowest BCUT2D eigenvalue weighted by atomic mass is 10.3. The average Bonchev–Trinajstić information content (AvgIpc) is 3.07. The van der Waals surface area contributed by atoms with Crippen LogP contribution in [0.3, 0.4) is 0 Å². The van der Waals surface area contributed by atoms with Crippen LogP contribution in [0, 0.1) is 0 Å². The molecule has 1 fully saturated rings. The van der Waals surface area contributed by atoms with E-state index in [2.05, 4.69) is 10.6 Å². The molecule has 23 heavy (non-hydrogen) atoms. The molecule has 0 saturated heterocycles. The third-order valence-electron chi connectivity index (χ3n) is 3.90. The number of ether oxygens (including phenoxy) is 3. The minimum atomic E-state index is 0.479. The molecule has 0 heterocycles. The maximum Gasteiger partial charge on any atom is 0.170 e. The second-order valence-corrected chi connectivity index (χ2v) is 5.99. The van der Waals surface area contributed by atoms with Gasteiger partial charge in [0.25, 0.3) is 0 Å². The van der Waals surface area contributed by atoms with E-state index in [4.69, 9.17) is 26.4 Å². The zero-order valence-corrected chi connectivity index (χ0v) is 14.7. The lowest BCUT2D eigenvalue weighted by molar-refractivity contribution is 0.0574. The summed E-state index contributed by atoms with van der Waals surface area (Å²) in [4.78, 5) is 0. The molecule has 0 bridgehead atoms. The van der Waals surface area contributed by atoms with Crippen molar-refractivity contribution in [2.24, 2.45) is 0 Å². The number of methoxy groups -OCH3 is 2. The van der Waals surface area contributed by atoms with Gasteiger partial charge in [-0.2, -0.15) is 0 Å². The van der Waals surface area contributed by atoms with Crippen LogP contribution >= 0.6 is 12.2 Å². The fraction of sp³-hybridized carbons (Fsp3) is 0.588. The second-order valence-electron chi connectivity index (χ2n) is 5.58. The molecule has 128 valence electrons. The molecule has 0 amide bonds. The van der Waals surface area contributed by atoms with Crippen LogP contribution < -0.4 is 20.1 Å². The van der Waals surface area contributed by atoms with Crippen molar-refractivity contribution in [2.75, 3.05) is 32.7 Å². The lowest BCUT2D eigenvalue weighted by Gasteiger charge is -2.14. The summed E-state index contributed by atoms with van der Waals surface area (Å²) in [6.07, 6.45) is 6.47. The highest BCUT2D eigenvalue weighted by molar-refractivity contribution is 7.80. The average molecular weight is 338 g/mol. The number of thiocarbonyl (C=S) groups is 1. The van der Waals surface area contributed by atoms with Crippen LogP contribution in [-0.4, -0.2) is 38.6 Å². The van der Waals surface area contributed by atoms with Gasteiger partial charge in [0.05, 0.1) is 20.3 Å². The summed E-state index contributed by atoms with van der Waals surface area (Å²) in [6.45, 7) is 1.59. The molecule has 0 spiro atoms. The van der Waals surface area contributed by atoms with E-state index in [9.17, 15) is 0 Å². The van der Waals surface area contributed by atoms with Gasteiger partial charge >= 0.3 is 0 Å². The summed E-state index contributed by atoms with van der Waals surface area (Å²) >= 11 is 5.30. The van der Waals surface area contributed by atoms with Crippen LogP contribution in [0.4, 0.5) is 5.69 Å². The van der Waals surface area contributed by atoms with Gasteiger partial charge in [0, 0.05) is 24.9 Å². The molecule has 1 aliphatic carbocycles. The van der Waals surface area contributed by atoms with Crippen molar-refractivity contribution in [3.05, 3.63) is 18.2 Å². The van der Waals surface area contributed by atoms with Gasteiger partial charge in [-0.25, -0.2) is 0 Å². The highest BCUT2D eigenvalue weighted by Crippen LogP contribution is 2.29. The molecule has 2 rings (SSSR count). The summed E-state index contributed by atoms with van der Waals surface area (Å²) < 4.78 is 16.3. The van der Waals surface area contributed by atoms with Crippen LogP contribution in [0.5, 0.6) is 11.5 Å². The van der Waals surface area contributed by atoms with Crippen molar-refractivity contribution < 1.29 is 14.2 Å². The Morgan fingerprint density at radius 1 is 1.17 bits per heavy atom. The molecule has 0 atom stereocenters. The van der Waals surface area contributed by atoms with Gasteiger partial charge in [-0.1, -0.05) is 12.8 Å². The van der Waals surface area contributed by atoms with Gasteiger partial charge in [-0.3, -0.25) is 0 Å². The van der Waals surface area contributed by atoms with Gasteiger partial charge < -0.3 is 24.8 Å².